The highest BCUT2D eigenvalue weighted by Crippen LogP contribution is 2.33. The minimum atomic E-state index is -0.605. The van der Waals surface area contributed by atoms with Crippen LogP contribution in [0, 0.1) is 5.82 Å². The number of nitrogens with one attached hydrogen (secondary N) is 2. The molecule has 0 saturated heterocycles. The monoisotopic (exact) mass is 355 g/mol. The predicted octanol–water partition coefficient (Wildman–Crippen LogP) is 3.98. The smallest absolute Gasteiger partial charge is 0.258 e. The maximum Gasteiger partial charge on any atom is 0.258 e. The normalized spacial score (nSPS) is 15.2. The summed E-state index contributed by atoms with van der Waals surface area (Å²) in [7, 11) is 0. The molecule has 0 bridgehead atoms. The van der Waals surface area contributed by atoms with E-state index in [1.807, 2.05) is 13.8 Å². The number of anilines is 2. The second-order valence-corrected chi connectivity index (χ2v) is 6.86. The van der Waals surface area contributed by atoms with E-state index < -0.39 is 5.66 Å². The summed E-state index contributed by atoms with van der Waals surface area (Å²) >= 11 is 0. The van der Waals surface area contributed by atoms with Gasteiger partial charge in [0.15, 0.2) is 0 Å². The second-order valence-electron chi connectivity index (χ2n) is 6.86. The summed E-state index contributed by atoms with van der Waals surface area (Å²) in [5.74, 6) is -0.553. The van der Waals surface area contributed by atoms with Gasteiger partial charge in [0.05, 0.1) is 5.56 Å². The lowest BCUT2D eigenvalue weighted by atomic mass is 10.00. The molecule has 0 saturated carbocycles. The summed E-state index contributed by atoms with van der Waals surface area (Å²) in [6.07, 6.45) is 0.368. The molecule has 26 heavy (non-hydrogen) atoms. The Kier molecular flexibility index (Phi) is 4.68. The van der Waals surface area contributed by atoms with Gasteiger partial charge in [-0.25, -0.2) is 4.39 Å². The third-order valence-corrected chi connectivity index (χ3v) is 4.47. The molecule has 0 aliphatic carbocycles. The number of rotatable bonds is 4. The van der Waals surface area contributed by atoms with E-state index in [2.05, 4.69) is 10.6 Å². The molecular formula is C20H22FN3O2. The molecule has 0 atom stereocenters. The first-order valence-corrected chi connectivity index (χ1v) is 8.58. The van der Waals surface area contributed by atoms with E-state index in [-0.39, 0.29) is 17.6 Å². The van der Waals surface area contributed by atoms with Crippen LogP contribution in [-0.4, -0.2) is 22.4 Å². The maximum absolute atomic E-state index is 13.1. The van der Waals surface area contributed by atoms with Crippen molar-refractivity contribution in [3.05, 3.63) is 59.4 Å². The van der Waals surface area contributed by atoms with Crippen LogP contribution < -0.4 is 10.6 Å². The Morgan fingerprint density at radius 3 is 2.54 bits per heavy atom. The lowest BCUT2D eigenvalue weighted by Crippen LogP contribution is -2.55. The van der Waals surface area contributed by atoms with Gasteiger partial charge in [0.2, 0.25) is 5.91 Å². The topological polar surface area (TPSA) is 61.4 Å². The van der Waals surface area contributed by atoms with Gasteiger partial charge in [-0.3, -0.25) is 9.59 Å². The molecule has 2 aromatic carbocycles. The van der Waals surface area contributed by atoms with Crippen molar-refractivity contribution in [2.45, 2.75) is 39.4 Å². The molecule has 1 aliphatic heterocycles. The first kappa shape index (κ1) is 17.9. The Labute approximate surface area is 152 Å². The van der Waals surface area contributed by atoms with Crippen molar-refractivity contribution in [1.29, 1.82) is 0 Å². The highest BCUT2D eigenvalue weighted by molar-refractivity contribution is 6.04. The van der Waals surface area contributed by atoms with Gasteiger partial charge in [0.25, 0.3) is 5.91 Å². The third-order valence-electron chi connectivity index (χ3n) is 4.47. The van der Waals surface area contributed by atoms with Crippen molar-refractivity contribution in [3.8, 4) is 0 Å². The average molecular weight is 355 g/mol. The van der Waals surface area contributed by atoms with Crippen molar-refractivity contribution in [2.75, 3.05) is 10.6 Å². The Bertz CT molecular complexity index is 847. The molecule has 2 aromatic rings. The van der Waals surface area contributed by atoms with E-state index in [0.717, 1.165) is 11.3 Å². The van der Waals surface area contributed by atoms with E-state index in [9.17, 15) is 14.0 Å². The fraction of sp³-hybridized carbons (Fsp3) is 0.300. The van der Waals surface area contributed by atoms with E-state index >= 15 is 0 Å². The first-order valence-electron chi connectivity index (χ1n) is 8.58. The van der Waals surface area contributed by atoms with Crippen LogP contribution in [0.2, 0.25) is 0 Å². The minimum absolute atomic E-state index is 0.107. The molecular weight excluding hydrogens is 333 g/mol. The Balaban J connectivity index is 1.91. The van der Waals surface area contributed by atoms with Crippen LogP contribution in [0.15, 0.2) is 42.5 Å². The van der Waals surface area contributed by atoms with Gasteiger partial charge < -0.3 is 15.5 Å². The zero-order valence-electron chi connectivity index (χ0n) is 15.1. The summed E-state index contributed by atoms with van der Waals surface area (Å²) < 4.78 is 13.1. The first-order chi connectivity index (χ1) is 12.3. The lowest BCUT2D eigenvalue weighted by molar-refractivity contribution is -0.115. The summed E-state index contributed by atoms with van der Waals surface area (Å²) in [6.45, 7) is 5.96. The van der Waals surface area contributed by atoms with E-state index in [1.54, 1.807) is 42.2 Å². The van der Waals surface area contributed by atoms with E-state index in [4.69, 9.17) is 0 Å². The number of fused-ring (bicyclic) bond motifs is 1. The number of carbonyl (C=O) groups excluding carboxylic acids is 2. The largest absolute Gasteiger partial charge is 0.362 e. The van der Waals surface area contributed by atoms with Gasteiger partial charge in [-0.1, -0.05) is 19.1 Å². The molecule has 6 heteroatoms. The van der Waals surface area contributed by atoms with Crippen LogP contribution in [-0.2, 0) is 11.3 Å². The van der Waals surface area contributed by atoms with Gasteiger partial charge in [0.1, 0.15) is 11.5 Å². The van der Waals surface area contributed by atoms with Crippen LogP contribution in [0.3, 0.4) is 0 Å². The fourth-order valence-corrected chi connectivity index (χ4v) is 3.00. The van der Waals surface area contributed by atoms with Gasteiger partial charge >= 0.3 is 0 Å². The molecule has 2 N–H and O–H groups in total. The van der Waals surface area contributed by atoms with Crippen LogP contribution >= 0.6 is 0 Å². The molecule has 3 rings (SSSR count). The van der Waals surface area contributed by atoms with Gasteiger partial charge in [0, 0.05) is 24.3 Å². The molecule has 1 aliphatic rings. The molecule has 0 fully saturated rings. The number of nitrogens with zero attached hydrogens (tertiary/aromatic N) is 1. The van der Waals surface area contributed by atoms with Gasteiger partial charge in [-0.2, -0.15) is 0 Å². The lowest BCUT2D eigenvalue weighted by Gasteiger charge is -2.44. The second kappa shape index (κ2) is 6.78. The molecule has 5 nitrogen and oxygen atoms in total. The molecule has 0 unspecified atom stereocenters. The number of hydrogen-bond acceptors (Lipinski definition) is 3. The van der Waals surface area contributed by atoms with Crippen LogP contribution in [0.25, 0.3) is 0 Å². The van der Waals surface area contributed by atoms with Crippen molar-refractivity contribution in [3.63, 3.8) is 0 Å². The summed E-state index contributed by atoms with van der Waals surface area (Å²) in [5, 5.41) is 6.14. The molecule has 0 radical (unpaired) electrons. The van der Waals surface area contributed by atoms with Crippen molar-refractivity contribution in [1.82, 2.24) is 4.90 Å². The fourth-order valence-electron chi connectivity index (χ4n) is 3.00. The van der Waals surface area contributed by atoms with Crippen molar-refractivity contribution >= 4 is 23.2 Å². The zero-order chi connectivity index (χ0) is 18.9. The number of hydrogen-bond donors (Lipinski definition) is 2. The highest BCUT2D eigenvalue weighted by atomic mass is 19.1. The predicted molar refractivity (Wildman–Crippen MR) is 99.3 cm³/mol. The molecule has 0 spiro atoms. The van der Waals surface area contributed by atoms with Crippen LogP contribution in [0.5, 0.6) is 0 Å². The minimum Gasteiger partial charge on any atom is -0.362 e. The Morgan fingerprint density at radius 2 is 1.88 bits per heavy atom. The van der Waals surface area contributed by atoms with E-state index in [1.165, 1.54) is 12.1 Å². The molecule has 2 amide bonds. The van der Waals surface area contributed by atoms with Gasteiger partial charge in [-0.15, -0.1) is 0 Å². The van der Waals surface area contributed by atoms with E-state index in [0.29, 0.717) is 24.2 Å². The van der Waals surface area contributed by atoms with Crippen molar-refractivity contribution < 1.29 is 14.0 Å². The SMILES string of the molecule is CCC(=O)Nc1ccc2c(c1)C(=O)N(Cc1ccc(F)cc1)C(C)(C)N2. The Hall–Kier alpha value is -2.89. The average Bonchev–Trinajstić information content (AvgIpc) is 2.60. The van der Waals surface area contributed by atoms with Crippen molar-refractivity contribution in [2.24, 2.45) is 0 Å². The van der Waals surface area contributed by atoms with Crippen LogP contribution in [0.1, 0.15) is 43.1 Å². The quantitative estimate of drug-likeness (QED) is 0.872. The van der Waals surface area contributed by atoms with Crippen LogP contribution in [0.4, 0.5) is 15.8 Å². The third kappa shape index (κ3) is 3.54. The number of amides is 2. The molecule has 0 aromatic heterocycles. The number of carbonyl (C=O) groups is 2. The van der Waals surface area contributed by atoms with Gasteiger partial charge in [-0.05, 0) is 49.7 Å². The number of benzene rings is 2. The molecule has 136 valence electrons. The zero-order valence-corrected chi connectivity index (χ0v) is 15.1. The highest BCUT2D eigenvalue weighted by Gasteiger charge is 2.37. The Morgan fingerprint density at radius 1 is 1.19 bits per heavy atom. The standard InChI is InChI=1S/C20H22FN3O2/c1-4-18(25)22-15-9-10-17-16(11-15)19(26)24(20(2,3)23-17)12-13-5-7-14(21)8-6-13/h5-11,23H,4,12H2,1-3H3,(H,22,25). The molecule has 1 heterocycles. The summed E-state index contributed by atoms with van der Waals surface area (Å²) in [6, 6.07) is 11.4. The number of halogens is 1. The summed E-state index contributed by atoms with van der Waals surface area (Å²) in [4.78, 5) is 26.4. The maximum atomic E-state index is 13.1. The summed E-state index contributed by atoms with van der Waals surface area (Å²) in [5.41, 5.74) is 2.05.